The quantitative estimate of drug-likeness (QED) is 0.629. The first-order chi connectivity index (χ1) is 11.2. The minimum absolute atomic E-state index is 0.304. The number of aryl methyl sites for hydroxylation is 1. The van der Waals surface area contributed by atoms with Crippen LogP contribution >= 0.6 is 0 Å². The van der Waals surface area contributed by atoms with Crippen molar-refractivity contribution < 1.29 is 14.3 Å². The van der Waals surface area contributed by atoms with Gasteiger partial charge in [-0.1, -0.05) is 18.2 Å². The Morgan fingerprint density at radius 3 is 2.91 bits per heavy atom. The van der Waals surface area contributed by atoms with E-state index in [0.29, 0.717) is 18.0 Å². The van der Waals surface area contributed by atoms with E-state index in [9.17, 15) is 4.79 Å². The normalized spacial score (nSPS) is 15.4. The molecule has 0 saturated heterocycles. The van der Waals surface area contributed by atoms with Crippen molar-refractivity contribution in [2.24, 2.45) is 4.99 Å². The van der Waals surface area contributed by atoms with Gasteiger partial charge in [0.2, 0.25) is 0 Å². The van der Waals surface area contributed by atoms with Crippen molar-refractivity contribution in [3.05, 3.63) is 65.6 Å². The molecule has 0 spiro atoms. The molecule has 0 saturated carbocycles. The Hall–Kier alpha value is -2.95. The topological polar surface area (TPSA) is 60.8 Å². The summed E-state index contributed by atoms with van der Waals surface area (Å²) in [6, 6.07) is 11.5. The van der Waals surface area contributed by atoms with Gasteiger partial charge in [-0.3, -0.25) is 4.98 Å². The van der Waals surface area contributed by atoms with Crippen molar-refractivity contribution >= 4 is 17.9 Å². The zero-order chi connectivity index (χ0) is 16.1. The predicted octanol–water partition coefficient (Wildman–Crippen LogP) is 3.02. The van der Waals surface area contributed by atoms with Crippen LogP contribution < -0.4 is 4.74 Å². The number of carbonyl (C=O) groups is 1. The second-order valence-corrected chi connectivity index (χ2v) is 5.06. The largest absolute Gasteiger partial charge is 0.497 e. The summed E-state index contributed by atoms with van der Waals surface area (Å²) >= 11 is 0. The van der Waals surface area contributed by atoms with Gasteiger partial charge in [-0.15, -0.1) is 0 Å². The molecule has 0 aliphatic carbocycles. The van der Waals surface area contributed by atoms with Crippen LogP contribution in [0.15, 0.2) is 59.5 Å². The van der Waals surface area contributed by atoms with Crippen molar-refractivity contribution in [1.29, 1.82) is 0 Å². The molecule has 0 atom stereocenters. The Labute approximate surface area is 134 Å². The third kappa shape index (κ3) is 3.83. The third-order valence-corrected chi connectivity index (χ3v) is 3.41. The lowest BCUT2D eigenvalue weighted by molar-refractivity contribution is -0.130. The fourth-order valence-electron chi connectivity index (χ4n) is 2.26. The van der Waals surface area contributed by atoms with Crippen molar-refractivity contribution in [3.63, 3.8) is 0 Å². The summed E-state index contributed by atoms with van der Waals surface area (Å²) < 4.78 is 10.4. The molecule has 1 aromatic heterocycles. The van der Waals surface area contributed by atoms with E-state index in [2.05, 4.69) is 9.98 Å². The van der Waals surface area contributed by atoms with Gasteiger partial charge in [0.25, 0.3) is 0 Å². The molecule has 0 unspecified atom stereocenters. The van der Waals surface area contributed by atoms with E-state index < -0.39 is 5.97 Å². The monoisotopic (exact) mass is 308 g/mol. The highest BCUT2D eigenvalue weighted by Gasteiger charge is 2.22. The molecule has 0 fully saturated rings. The fourth-order valence-corrected chi connectivity index (χ4v) is 2.26. The number of hydrogen-bond acceptors (Lipinski definition) is 5. The number of ether oxygens (including phenoxy) is 2. The molecule has 5 heteroatoms. The molecule has 0 N–H and O–H groups in total. The van der Waals surface area contributed by atoms with Crippen molar-refractivity contribution in [2.45, 2.75) is 12.8 Å². The fraction of sp³-hybridized carbons (Fsp3) is 0.167. The first kappa shape index (κ1) is 15.0. The number of rotatable bonds is 5. The zero-order valence-electron chi connectivity index (χ0n) is 12.7. The van der Waals surface area contributed by atoms with Crippen LogP contribution in [0, 0.1) is 0 Å². The molecular formula is C18H16N2O3. The lowest BCUT2D eigenvalue weighted by Gasteiger charge is -2.03. The van der Waals surface area contributed by atoms with Crippen LogP contribution in [-0.4, -0.2) is 24.0 Å². The first-order valence-electron chi connectivity index (χ1n) is 7.29. The van der Waals surface area contributed by atoms with Gasteiger partial charge in [-0.25, -0.2) is 9.79 Å². The van der Waals surface area contributed by atoms with E-state index >= 15 is 0 Å². The minimum Gasteiger partial charge on any atom is -0.497 e. The molecule has 1 aromatic carbocycles. The smallest absolute Gasteiger partial charge is 0.363 e. The number of carbonyl (C=O) groups excluding carboxylic acids is 1. The third-order valence-electron chi connectivity index (χ3n) is 3.41. The molecule has 2 heterocycles. The Balaban J connectivity index is 1.68. The number of aromatic nitrogens is 1. The predicted molar refractivity (Wildman–Crippen MR) is 87.1 cm³/mol. The molecule has 116 valence electrons. The number of aliphatic imine (C=N–C) groups is 1. The van der Waals surface area contributed by atoms with Gasteiger partial charge in [0, 0.05) is 18.8 Å². The van der Waals surface area contributed by atoms with Gasteiger partial charge in [0.1, 0.15) is 5.75 Å². The van der Waals surface area contributed by atoms with Gasteiger partial charge in [0.05, 0.1) is 7.11 Å². The molecular weight excluding hydrogens is 292 g/mol. The van der Waals surface area contributed by atoms with Crippen molar-refractivity contribution in [3.8, 4) is 5.75 Å². The number of hydrogen-bond donors (Lipinski definition) is 0. The number of esters is 1. The van der Waals surface area contributed by atoms with E-state index in [4.69, 9.17) is 9.47 Å². The highest BCUT2D eigenvalue weighted by Crippen LogP contribution is 2.19. The Morgan fingerprint density at radius 2 is 2.13 bits per heavy atom. The highest BCUT2D eigenvalue weighted by atomic mass is 16.6. The minimum atomic E-state index is -0.422. The Kier molecular flexibility index (Phi) is 4.47. The lowest BCUT2D eigenvalue weighted by Crippen LogP contribution is -2.05. The number of pyridine rings is 1. The molecule has 0 radical (unpaired) electrons. The van der Waals surface area contributed by atoms with Crippen LogP contribution in [-0.2, 0) is 16.0 Å². The van der Waals surface area contributed by atoms with E-state index in [-0.39, 0.29) is 0 Å². The molecule has 0 bridgehead atoms. The first-order valence-corrected chi connectivity index (χ1v) is 7.29. The second-order valence-electron chi connectivity index (χ2n) is 5.06. The van der Waals surface area contributed by atoms with Gasteiger partial charge in [-0.05, 0) is 41.8 Å². The maximum Gasteiger partial charge on any atom is 0.363 e. The SMILES string of the molecule is COc1cccc(CCC2=N/C(=C/c3cccnc3)C(=O)O2)c1. The molecule has 23 heavy (non-hydrogen) atoms. The van der Waals surface area contributed by atoms with E-state index in [1.54, 1.807) is 31.6 Å². The summed E-state index contributed by atoms with van der Waals surface area (Å²) in [5.74, 6) is 0.826. The van der Waals surface area contributed by atoms with E-state index in [1.165, 1.54) is 0 Å². The summed E-state index contributed by atoms with van der Waals surface area (Å²) in [4.78, 5) is 20.1. The Morgan fingerprint density at radius 1 is 1.22 bits per heavy atom. The van der Waals surface area contributed by atoms with Crippen molar-refractivity contribution in [2.75, 3.05) is 7.11 Å². The van der Waals surface area contributed by atoms with Gasteiger partial charge < -0.3 is 9.47 Å². The summed E-state index contributed by atoms with van der Waals surface area (Å²) in [5, 5.41) is 0. The molecule has 1 aliphatic rings. The molecule has 2 aromatic rings. The average Bonchev–Trinajstić information content (AvgIpc) is 2.94. The maximum absolute atomic E-state index is 11.9. The summed E-state index contributed by atoms with van der Waals surface area (Å²) in [5.41, 5.74) is 2.23. The summed E-state index contributed by atoms with van der Waals surface area (Å²) in [6.07, 6.45) is 6.31. The lowest BCUT2D eigenvalue weighted by atomic mass is 10.1. The summed E-state index contributed by atoms with van der Waals surface area (Å²) in [6.45, 7) is 0. The Bertz CT molecular complexity index is 767. The second kappa shape index (κ2) is 6.87. The maximum atomic E-state index is 11.9. The van der Waals surface area contributed by atoms with Gasteiger partial charge in [0.15, 0.2) is 11.6 Å². The number of cyclic esters (lactones) is 1. The molecule has 5 nitrogen and oxygen atoms in total. The van der Waals surface area contributed by atoms with Crippen LogP contribution in [0.3, 0.4) is 0 Å². The van der Waals surface area contributed by atoms with Crippen LogP contribution in [0.5, 0.6) is 5.75 Å². The van der Waals surface area contributed by atoms with E-state index in [0.717, 1.165) is 23.3 Å². The van der Waals surface area contributed by atoms with Crippen molar-refractivity contribution in [1.82, 2.24) is 4.98 Å². The summed E-state index contributed by atoms with van der Waals surface area (Å²) in [7, 11) is 1.64. The van der Waals surface area contributed by atoms with Crippen LogP contribution in [0.2, 0.25) is 0 Å². The van der Waals surface area contributed by atoms with Crippen LogP contribution in [0.25, 0.3) is 6.08 Å². The van der Waals surface area contributed by atoms with Crippen LogP contribution in [0.4, 0.5) is 0 Å². The van der Waals surface area contributed by atoms with Gasteiger partial charge in [-0.2, -0.15) is 0 Å². The molecule has 1 aliphatic heterocycles. The number of nitrogens with zero attached hydrogens (tertiary/aromatic N) is 2. The highest BCUT2D eigenvalue weighted by molar-refractivity contribution is 6.07. The molecule has 3 rings (SSSR count). The number of methoxy groups -OCH3 is 1. The van der Waals surface area contributed by atoms with E-state index in [1.807, 2.05) is 30.3 Å². The average molecular weight is 308 g/mol. The van der Waals surface area contributed by atoms with Gasteiger partial charge >= 0.3 is 5.97 Å². The zero-order valence-corrected chi connectivity index (χ0v) is 12.7. The van der Waals surface area contributed by atoms with Crippen LogP contribution in [0.1, 0.15) is 17.5 Å². The standard InChI is InChI=1S/C18H16N2O3/c1-22-15-6-2-4-13(10-15)7-8-17-20-16(18(21)23-17)11-14-5-3-9-19-12-14/h2-6,9-12H,7-8H2,1H3/b16-11+. The molecule has 0 amide bonds. The number of benzene rings is 1.